The molecule has 1 rings (SSSR count). The lowest BCUT2D eigenvalue weighted by atomic mass is 10.1. The monoisotopic (exact) mass is 226 g/mol. The summed E-state index contributed by atoms with van der Waals surface area (Å²) in [7, 11) is 0. The summed E-state index contributed by atoms with van der Waals surface area (Å²) in [6, 6.07) is -0.0113. The summed E-state index contributed by atoms with van der Waals surface area (Å²) in [4.78, 5) is 21.8. The zero-order valence-corrected chi connectivity index (χ0v) is 9.19. The van der Waals surface area contributed by atoms with Crippen LogP contribution in [-0.2, 0) is 9.59 Å². The third-order valence-corrected chi connectivity index (χ3v) is 2.57. The number of hydrogen-bond acceptors (Lipinski definition) is 3. The van der Waals surface area contributed by atoms with Crippen molar-refractivity contribution in [3.8, 4) is 0 Å². The number of nitrogens with two attached hydrogens (primary N) is 1. The largest absolute Gasteiger partial charge is 0.481 e. The molecule has 0 spiro atoms. The fourth-order valence-electron chi connectivity index (χ4n) is 1.67. The van der Waals surface area contributed by atoms with Gasteiger partial charge in [0, 0.05) is 19.0 Å². The first-order chi connectivity index (χ1) is 7.59. The highest BCUT2D eigenvalue weighted by atomic mass is 16.4. The molecule has 0 aromatic heterocycles. The van der Waals surface area contributed by atoms with Crippen molar-refractivity contribution in [2.45, 2.75) is 31.7 Å². The van der Waals surface area contributed by atoms with Crippen LogP contribution in [0.1, 0.15) is 25.7 Å². The van der Waals surface area contributed by atoms with Gasteiger partial charge in [-0.1, -0.05) is 12.2 Å². The first-order valence-corrected chi connectivity index (χ1v) is 5.53. The molecule has 0 aromatic carbocycles. The Kier molecular flexibility index (Phi) is 4.98. The number of amides is 1. The molecular weight excluding hydrogens is 208 g/mol. The van der Waals surface area contributed by atoms with Crippen molar-refractivity contribution in [1.82, 2.24) is 5.32 Å². The molecule has 0 saturated heterocycles. The summed E-state index contributed by atoms with van der Waals surface area (Å²) in [6.45, 7) is 0.533. The highest BCUT2D eigenvalue weighted by Crippen LogP contribution is 2.16. The Hall–Kier alpha value is -1.36. The molecule has 2 unspecified atom stereocenters. The van der Waals surface area contributed by atoms with E-state index in [1.807, 2.05) is 12.2 Å². The number of hydrogen-bond donors (Lipinski definition) is 3. The SMILES string of the molecule is NC1C=CC(C(=O)NCCCCC(=O)O)C1. The Labute approximate surface area is 94.7 Å². The van der Waals surface area contributed by atoms with Gasteiger partial charge in [-0.3, -0.25) is 9.59 Å². The van der Waals surface area contributed by atoms with E-state index in [0.29, 0.717) is 25.8 Å². The maximum Gasteiger partial charge on any atom is 0.303 e. The summed E-state index contributed by atoms with van der Waals surface area (Å²) in [5.41, 5.74) is 5.64. The first-order valence-electron chi connectivity index (χ1n) is 5.53. The van der Waals surface area contributed by atoms with Gasteiger partial charge in [0.05, 0.1) is 5.92 Å². The first kappa shape index (κ1) is 12.7. The zero-order valence-electron chi connectivity index (χ0n) is 9.19. The average Bonchev–Trinajstić information content (AvgIpc) is 2.63. The van der Waals surface area contributed by atoms with Gasteiger partial charge in [-0.15, -0.1) is 0 Å². The van der Waals surface area contributed by atoms with E-state index >= 15 is 0 Å². The Morgan fingerprint density at radius 2 is 2.12 bits per heavy atom. The van der Waals surface area contributed by atoms with E-state index in [0.717, 1.165) is 0 Å². The number of nitrogens with one attached hydrogen (secondary N) is 1. The number of carbonyl (C=O) groups is 2. The third-order valence-electron chi connectivity index (χ3n) is 2.57. The number of rotatable bonds is 6. The second-order valence-electron chi connectivity index (χ2n) is 4.03. The van der Waals surface area contributed by atoms with E-state index in [4.69, 9.17) is 10.8 Å². The topological polar surface area (TPSA) is 92.4 Å². The van der Waals surface area contributed by atoms with Crippen LogP contribution in [0.5, 0.6) is 0 Å². The molecule has 0 radical (unpaired) electrons. The maximum absolute atomic E-state index is 11.6. The minimum Gasteiger partial charge on any atom is -0.481 e. The van der Waals surface area contributed by atoms with Crippen molar-refractivity contribution in [3.63, 3.8) is 0 Å². The molecule has 0 saturated carbocycles. The van der Waals surface area contributed by atoms with Crippen LogP contribution in [0.3, 0.4) is 0 Å². The van der Waals surface area contributed by atoms with Crippen molar-refractivity contribution < 1.29 is 14.7 Å². The van der Waals surface area contributed by atoms with Gasteiger partial charge >= 0.3 is 5.97 Å². The van der Waals surface area contributed by atoms with E-state index in [-0.39, 0.29) is 24.3 Å². The molecule has 5 nitrogen and oxygen atoms in total. The van der Waals surface area contributed by atoms with E-state index in [1.165, 1.54) is 0 Å². The molecule has 4 N–H and O–H groups in total. The molecule has 0 heterocycles. The molecule has 0 bridgehead atoms. The van der Waals surface area contributed by atoms with Crippen LogP contribution in [0.2, 0.25) is 0 Å². The zero-order chi connectivity index (χ0) is 12.0. The van der Waals surface area contributed by atoms with Crippen LogP contribution in [0.25, 0.3) is 0 Å². The van der Waals surface area contributed by atoms with Crippen molar-refractivity contribution in [3.05, 3.63) is 12.2 Å². The van der Waals surface area contributed by atoms with E-state index in [1.54, 1.807) is 0 Å². The number of carboxylic acids is 1. The van der Waals surface area contributed by atoms with E-state index in [9.17, 15) is 9.59 Å². The molecule has 0 aliphatic heterocycles. The van der Waals surface area contributed by atoms with Crippen molar-refractivity contribution in [2.75, 3.05) is 6.54 Å². The number of carboxylic acid groups (broad SMARTS) is 1. The molecule has 5 heteroatoms. The summed E-state index contributed by atoms with van der Waals surface area (Å²) in [5, 5.41) is 11.2. The van der Waals surface area contributed by atoms with Gasteiger partial charge in [0.15, 0.2) is 0 Å². The smallest absolute Gasteiger partial charge is 0.303 e. The molecular formula is C11H18N2O3. The summed E-state index contributed by atoms with van der Waals surface area (Å²) in [5.74, 6) is -0.926. The van der Waals surface area contributed by atoms with Gasteiger partial charge in [-0.2, -0.15) is 0 Å². The second kappa shape index (κ2) is 6.27. The molecule has 16 heavy (non-hydrogen) atoms. The van der Waals surface area contributed by atoms with Crippen molar-refractivity contribution in [1.29, 1.82) is 0 Å². The van der Waals surface area contributed by atoms with Gasteiger partial charge in [0.25, 0.3) is 0 Å². The summed E-state index contributed by atoms with van der Waals surface area (Å²) >= 11 is 0. The summed E-state index contributed by atoms with van der Waals surface area (Å²) < 4.78 is 0. The third kappa shape index (κ3) is 4.44. The van der Waals surface area contributed by atoms with Crippen molar-refractivity contribution in [2.24, 2.45) is 11.7 Å². The van der Waals surface area contributed by atoms with Crippen LogP contribution < -0.4 is 11.1 Å². The van der Waals surface area contributed by atoms with Crippen LogP contribution >= 0.6 is 0 Å². The van der Waals surface area contributed by atoms with Crippen LogP contribution in [0.4, 0.5) is 0 Å². The standard InChI is InChI=1S/C11H18N2O3/c12-9-5-4-8(7-9)11(16)13-6-2-1-3-10(14)15/h4-5,8-9H,1-3,6-7,12H2,(H,13,16)(H,14,15). The lowest BCUT2D eigenvalue weighted by Gasteiger charge is -2.09. The number of unbranched alkanes of at least 4 members (excludes halogenated alkanes) is 1. The van der Waals surface area contributed by atoms with Gasteiger partial charge in [-0.05, 0) is 19.3 Å². The molecule has 0 fully saturated rings. The Morgan fingerprint density at radius 1 is 1.38 bits per heavy atom. The van der Waals surface area contributed by atoms with Crippen molar-refractivity contribution >= 4 is 11.9 Å². The van der Waals surface area contributed by atoms with Crippen LogP contribution in [0, 0.1) is 5.92 Å². The van der Waals surface area contributed by atoms with Gasteiger partial charge < -0.3 is 16.2 Å². The normalized spacial score (nSPS) is 23.3. The minimum absolute atomic E-state index is 0.0113. The van der Waals surface area contributed by atoms with Crippen LogP contribution in [0.15, 0.2) is 12.2 Å². The second-order valence-corrected chi connectivity index (χ2v) is 4.03. The highest BCUT2D eigenvalue weighted by Gasteiger charge is 2.21. The fraction of sp³-hybridized carbons (Fsp3) is 0.636. The number of aliphatic carboxylic acids is 1. The Morgan fingerprint density at radius 3 is 2.69 bits per heavy atom. The molecule has 1 amide bonds. The lowest BCUT2D eigenvalue weighted by Crippen LogP contribution is -2.31. The van der Waals surface area contributed by atoms with Crippen LogP contribution in [-0.4, -0.2) is 29.6 Å². The fourth-order valence-corrected chi connectivity index (χ4v) is 1.67. The quantitative estimate of drug-likeness (QED) is 0.447. The molecule has 0 aromatic rings. The highest BCUT2D eigenvalue weighted by molar-refractivity contribution is 5.81. The lowest BCUT2D eigenvalue weighted by molar-refractivity contribution is -0.137. The predicted molar refractivity (Wildman–Crippen MR) is 59.7 cm³/mol. The minimum atomic E-state index is -0.795. The number of carbonyl (C=O) groups excluding carboxylic acids is 1. The molecule has 1 aliphatic rings. The predicted octanol–water partition coefficient (Wildman–Crippen LogP) is 0.261. The van der Waals surface area contributed by atoms with Gasteiger partial charge in [0.1, 0.15) is 0 Å². The van der Waals surface area contributed by atoms with E-state index < -0.39 is 5.97 Å². The summed E-state index contributed by atoms with van der Waals surface area (Å²) in [6.07, 6.45) is 5.78. The molecule has 1 aliphatic carbocycles. The Balaban J connectivity index is 2.07. The van der Waals surface area contributed by atoms with E-state index in [2.05, 4.69) is 5.32 Å². The maximum atomic E-state index is 11.6. The van der Waals surface area contributed by atoms with Gasteiger partial charge in [-0.25, -0.2) is 0 Å². The molecule has 90 valence electrons. The van der Waals surface area contributed by atoms with Gasteiger partial charge in [0.2, 0.25) is 5.91 Å². The average molecular weight is 226 g/mol. The molecule has 2 atom stereocenters. The Bertz CT molecular complexity index is 289.